The summed E-state index contributed by atoms with van der Waals surface area (Å²) in [5, 5.41) is 2.85. The Morgan fingerprint density at radius 2 is 1.86 bits per heavy atom. The number of amides is 1. The lowest BCUT2D eigenvalue weighted by Gasteiger charge is -2.24. The van der Waals surface area contributed by atoms with Crippen molar-refractivity contribution in [2.24, 2.45) is 0 Å². The highest BCUT2D eigenvalue weighted by Crippen LogP contribution is 2.24. The molecule has 2 aromatic carbocycles. The SMILES string of the molecule is Cc1ccc(N(CCC(=O)NC[C@@H]2CCCO2)S(=O)(=O)c2ccccc2)cc1. The number of aryl methyl sites for hydroxylation is 1. The van der Waals surface area contributed by atoms with E-state index in [9.17, 15) is 13.2 Å². The van der Waals surface area contributed by atoms with Crippen molar-refractivity contribution in [1.29, 1.82) is 0 Å². The third kappa shape index (κ3) is 5.11. The molecule has 150 valence electrons. The molecule has 7 heteroatoms. The number of carbonyl (C=O) groups is 1. The van der Waals surface area contributed by atoms with Crippen molar-refractivity contribution in [1.82, 2.24) is 5.32 Å². The van der Waals surface area contributed by atoms with Crippen LogP contribution in [-0.4, -0.2) is 40.1 Å². The predicted molar refractivity (Wildman–Crippen MR) is 109 cm³/mol. The molecule has 0 unspecified atom stereocenters. The van der Waals surface area contributed by atoms with Gasteiger partial charge in [0.05, 0.1) is 16.7 Å². The summed E-state index contributed by atoms with van der Waals surface area (Å²) in [5.74, 6) is -0.184. The molecule has 1 saturated heterocycles. The van der Waals surface area contributed by atoms with E-state index < -0.39 is 10.0 Å². The summed E-state index contributed by atoms with van der Waals surface area (Å²) in [6.07, 6.45) is 2.09. The summed E-state index contributed by atoms with van der Waals surface area (Å²) in [7, 11) is -3.76. The van der Waals surface area contributed by atoms with E-state index in [1.165, 1.54) is 4.31 Å². The van der Waals surface area contributed by atoms with Crippen LogP contribution in [0.4, 0.5) is 5.69 Å². The fraction of sp³-hybridized carbons (Fsp3) is 0.381. The van der Waals surface area contributed by atoms with E-state index in [0.717, 1.165) is 25.0 Å². The molecular formula is C21H26N2O4S. The Bertz CT molecular complexity index is 876. The van der Waals surface area contributed by atoms with Gasteiger partial charge in [-0.05, 0) is 44.0 Å². The number of hydrogen-bond acceptors (Lipinski definition) is 4. The van der Waals surface area contributed by atoms with E-state index in [1.54, 1.807) is 42.5 Å². The maximum absolute atomic E-state index is 13.2. The number of rotatable bonds is 8. The van der Waals surface area contributed by atoms with Gasteiger partial charge in [0, 0.05) is 26.1 Å². The fourth-order valence-electron chi connectivity index (χ4n) is 3.14. The second-order valence-electron chi connectivity index (χ2n) is 6.91. The quantitative estimate of drug-likeness (QED) is 0.737. The second kappa shape index (κ2) is 9.21. The van der Waals surface area contributed by atoms with Crippen molar-refractivity contribution in [3.63, 3.8) is 0 Å². The van der Waals surface area contributed by atoms with Crippen LogP contribution in [0.15, 0.2) is 59.5 Å². The normalized spacial score (nSPS) is 16.7. The Morgan fingerprint density at radius 1 is 1.14 bits per heavy atom. The second-order valence-corrected chi connectivity index (χ2v) is 8.78. The van der Waals surface area contributed by atoms with Gasteiger partial charge >= 0.3 is 0 Å². The molecule has 1 fully saturated rings. The maximum Gasteiger partial charge on any atom is 0.264 e. The first-order valence-corrected chi connectivity index (χ1v) is 10.9. The summed E-state index contributed by atoms with van der Waals surface area (Å²) < 4.78 is 33.1. The van der Waals surface area contributed by atoms with Gasteiger partial charge in [-0.2, -0.15) is 0 Å². The van der Waals surface area contributed by atoms with E-state index >= 15 is 0 Å². The lowest BCUT2D eigenvalue weighted by Crippen LogP contribution is -2.37. The number of anilines is 1. The highest BCUT2D eigenvalue weighted by Gasteiger charge is 2.25. The lowest BCUT2D eigenvalue weighted by molar-refractivity contribution is -0.121. The van der Waals surface area contributed by atoms with Gasteiger partial charge in [0.25, 0.3) is 10.0 Å². The molecule has 6 nitrogen and oxygen atoms in total. The van der Waals surface area contributed by atoms with Crippen molar-refractivity contribution >= 4 is 21.6 Å². The Labute approximate surface area is 166 Å². The van der Waals surface area contributed by atoms with E-state index in [0.29, 0.717) is 12.2 Å². The fourth-order valence-corrected chi connectivity index (χ4v) is 4.63. The third-order valence-corrected chi connectivity index (χ3v) is 6.59. The molecule has 1 N–H and O–H groups in total. The standard InChI is InChI=1S/C21H26N2O4S/c1-17-9-11-18(12-10-17)23(28(25,26)20-7-3-2-4-8-20)14-13-21(24)22-16-19-6-5-15-27-19/h2-4,7-12,19H,5-6,13-16H2,1H3,(H,22,24)/t19-/m0/s1. The van der Waals surface area contributed by atoms with E-state index in [2.05, 4.69) is 5.32 Å². The number of benzene rings is 2. The molecule has 0 aliphatic carbocycles. The van der Waals surface area contributed by atoms with Crippen molar-refractivity contribution in [3.05, 3.63) is 60.2 Å². The maximum atomic E-state index is 13.2. The van der Waals surface area contributed by atoms with Gasteiger partial charge in [0.1, 0.15) is 0 Å². The van der Waals surface area contributed by atoms with E-state index in [1.807, 2.05) is 19.1 Å². The van der Waals surface area contributed by atoms with Crippen LogP contribution in [-0.2, 0) is 19.6 Å². The molecule has 0 spiro atoms. The molecule has 0 bridgehead atoms. The first-order chi connectivity index (χ1) is 13.5. The minimum Gasteiger partial charge on any atom is -0.376 e. The van der Waals surface area contributed by atoms with Gasteiger partial charge in [-0.25, -0.2) is 8.42 Å². The molecule has 1 amide bonds. The third-order valence-electron chi connectivity index (χ3n) is 4.75. The highest BCUT2D eigenvalue weighted by molar-refractivity contribution is 7.92. The average molecular weight is 403 g/mol. The molecule has 0 aromatic heterocycles. The summed E-state index contributed by atoms with van der Waals surface area (Å²) in [6, 6.07) is 15.5. The van der Waals surface area contributed by atoms with Crippen molar-refractivity contribution in [2.45, 2.75) is 37.2 Å². The van der Waals surface area contributed by atoms with Crippen LogP contribution >= 0.6 is 0 Å². The van der Waals surface area contributed by atoms with Crippen LogP contribution in [0.25, 0.3) is 0 Å². The van der Waals surface area contributed by atoms with Crippen LogP contribution in [0, 0.1) is 6.92 Å². The van der Waals surface area contributed by atoms with E-state index in [-0.39, 0.29) is 29.9 Å². The van der Waals surface area contributed by atoms with Crippen LogP contribution in [0.2, 0.25) is 0 Å². The minimum atomic E-state index is -3.76. The molecule has 1 atom stereocenters. The topological polar surface area (TPSA) is 75.7 Å². The number of hydrogen-bond donors (Lipinski definition) is 1. The van der Waals surface area contributed by atoms with Gasteiger partial charge in [-0.3, -0.25) is 9.10 Å². The molecule has 28 heavy (non-hydrogen) atoms. The van der Waals surface area contributed by atoms with Gasteiger partial charge in [0.15, 0.2) is 0 Å². The Morgan fingerprint density at radius 3 is 2.50 bits per heavy atom. The Kier molecular flexibility index (Phi) is 6.70. The van der Waals surface area contributed by atoms with Crippen molar-refractivity contribution in [2.75, 3.05) is 24.0 Å². The van der Waals surface area contributed by atoms with Gasteiger partial charge in [-0.15, -0.1) is 0 Å². The van der Waals surface area contributed by atoms with Crippen LogP contribution in [0.5, 0.6) is 0 Å². The first kappa shape index (κ1) is 20.4. The minimum absolute atomic E-state index is 0.0604. The number of nitrogens with zero attached hydrogens (tertiary/aromatic N) is 1. The molecule has 0 saturated carbocycles. The van der Waals surface area contributed by atoms with Crippen LogP contribution in [0.1, 0.15) is 24.8 Å². The molecule has 3 rings (SSSR count). The number of nitrogens with one attached hydrogen (secondary N) is 1. The van der Waals surface area contributed by atoms with Crippen LogP contribution < -0.4 is 9.62 Å². The number of sulfonamides is 1. The monoisotopic (exact) mass is 402 g/mol. The Hall–Kier alpha value is -2.38. The summed E-state index contributed by atoms with van der Waals surface area (Å²) >= 11 is 0. The molecule has 1 aliphatic rings. The smallest absolute Gasteiger partial charge is 0.264 e. The number of carbonyl (C=O) groups excluding carboxylic acids is 1. The van der Waals surface area contributed by atoms with Crippen LogP contribution in [0.3, 0.4) is 0 Å². The summed E-state index contributed by atoms with van der Waals surface area (Å²) in [4.78, 5) is 12.5. The Balaban J connectivity index is 1.73. The zero-order valence-electron chi connectivity index (χ0n) is 16.0. The molecule has 2 aromatic rings. The summed E-state index contributed by atoms with van der Waals surface area (Å²) in [5.41, 5.74) is 1.58. The molecule has 1 aliphatic heterocycles. The summed E-state index contributed by atoms with van der Waals surface area (Å²) in [6.45, 7) is 3.21. The van der Waals surface area contributed by atoms with Gasteiger partial charge in [-0.1, -0.05) is 35.9 Å². The van der Waals surface area contributed by atoms with Crippen molar-refractivity contribution in [3.8, 4) is 0 Å². The number of ether oxygens (including phenoxy) is 1. The lowest BCUT2D eigenvalue weighted by atomic mass is 10.2. The average Bonchev–Trinajstić information content (AvgIpc) is 3.22. The largest absolute Gasteiger partial charge is 0.376 e. The van der Waals surface area contributed by atoms with E-state index in [4.69, 9.17) is 4.74 Å². The molecule has 1 heterocycles. The zero-order chi connectivity index (χ0) is 20.0. The zero-order valence-corrected chi connectivity index (χ0v) is 16.8. The predicted octanol–water partition coefficient (Wildman–Crippen LogP) is 2.88. The first-order valence-electron chi connectivity index (χ1n) is 9.49. The van der Waals surface area contributed by atoms with Gasteiger partial charge < -0.3 is 10.1 Å². The molecular weight excluding hydrogens is 376 g/mol. The van der Waals surface area contributed by atoms with Gasteiger partial charge in [0.2, 0.25) is 5.91 Å². The van der Waals surface area contributed by atoms with Crippen molar-refractivity contribution < 1.29 is 17.9 Å². The molecule has 0 radical (unpaired) electrons. The highest BCUT2D eigenvalue weighted by atomic mass is 32.2.